The Labute approximate surface area is 146 Å². The van der Waals surface area contributed by atoms with Gasteiger partial charge in [-0.05, 0) is 31.2 Å². The van der Waals surface area contributed by atoms with Crippen molar-refractivity contribution in [2.45, 2.75) is 18.6 Å². The smallest absolute Gasteiger partial charge is 0.331 e. The molecular formula is C17H19NO6S. The van der Waals surface area contributed by atoms with Gasteiger partial charge in [-0.3, -0.25) is 4.79 Å². The van der Waals surface area contributed by atoms with E-state index in [4.69, 9.17) is 9.47 Å². The van der Waals surface area contributed by atoms with Gasteiger partial charge in [0.05, 0.1) is 18.6 Å². The first kappa shape index (κ1) is 19.0. The normalized spacial score (nSPS) is 18.0. The predicted octanol–water partition coefficient (Wildman–Crippen LogP) is 0.143. The number of nitrogens with one attached hydrogen (secondary N) is 1. The molecule has 8 heteroatoms. The van der Waals surface area contributed by atoms with E-state index < -0.39 is 33.4 Å². The quantitative estimate of drug-likeness (QED) is 0.589. The summed E-state index contributed by atoms with van der Waals surface area (Å²) in [4.78, 5) is 24.5. The van der Waals surface area contributed by atoms with Crippen molar-refractivity contribution in [3.63, 3.8) is 0 Å². The standard InChI is InChI=1S/C17H19NO6S/c1-4-5-12-6-8-13(9-7-12)15(19)18-14(16(20)23-2)17(24-3)10-25(21,22)11-17/h6-9,14H,10-11H2,1-3H3,(H,18,19). The number of ether oxygens (including phenoxy) is 2. The lowest BCUT2D eigenvalue weighted by Gasteiger charge is -2.43. The largest absolute Gasteiger partial charge is 0.467 e. The first-order chi connectivity index (χ1) is 11.8. The highest BCUT2D eigenvalue weighted by molar-refractivity contribution is 7.93. The predicted molar refractivity (Wildman–Crippen MR) is 90.7 cm³/mol. The first-order valence-electron chi connectivity index (χ1n) is 7.44. The van der Waals surface area contributed by atoms with Crippen LogP contribution in [0.3, 0.4) is 0 Å². The number of carbonyl (C=O) groups is 2. The summed E-state index contributed by atoms with van der Waals surface area (Å²) in [6.07, 6.45) is 0. The highest BCUT2D eigenvalue weighted by Crippen LogP contribution is 2.31. The van der Waals surface area contributed by atoms with E-state index >= 15 is 0 Å². The van der Waals surface area contributed by atoms with Crippen LogP contribution in [0.4, 0.5) is 0 Å². The molecule has 1 fully saturated rings. The van der Waals surface area contributed by atoms with Crippen LogP contribution in [-0.2, 0) is 24.1 Å². The summed E-state index contributed by atoms with van der Waals surface area (Å²) in [6.45, 7) is 1.71. The van der Waals surface area contributed by atoms with Crippen LogP contribution in [0.2, 0.25) is 0 Å². The molecule has 0 aliphatic carbocycles. The van der Waals surface area contributed by atoms with Crippen molar-refractivity contribution in [1.29, 1.82) is 0 Å². The molecule has 0 bridgehead atoms. The fourth-order valence-corrected chi connectivity index (χ4v) is 4.66. The summed E-state index contributed by atoms with van der Waals surface area (Å²) < 4.78 is 33.1. The Balaban J connectivity index is 2.23. The Morgan fingerprint density at radius 1 is 1.20 bits per heavy atom. The fraction of sp³-hybridized carbons (Fsp3) is 0.412. The second kappa shape index (κ2) is 7.25. The molecule has 0 radical (unpaired) electrons. The van der Waals surface area contributed by atoms with E-state index in [0.717, 1.165) is 12.7 Å². The van der Waals surface area contributed by atoms with Crippen molar-refractivity contribution in [2.75, 3.05) is 25.7 Å². The molecule has 1 N–H and O–H groups in total. The highest BCUT2D eigenvalue weighted by atomic mass is 32.2. The molecule has 0 aromatic heterocycles. The third-order valence-electron chi connectivity index (χ3n) is 3.99. The van der Waals surface area contributed by atoms with Crippen molar-refractivity contribution in [2.24, 2.45) is 0 Å². The Hall–Kier alpha value is -2.37. The molecule has 1 aliphatic rings. The molecule has 134 valence electrons. The van der Waals surface area contributed by atoms with Crippen molar-refractivity contribution in [3.8, 4) is 11.8 Å². The third kappa shape index (κ3) is 4.00. The molecule has 1 aromatic rings. The number of carbonyl (C=O) groups excluding carboxylic acids is 2. The summed E-state index contributed by atoms with van der Waals surface area (Å²) in [6, 6.07) is 5.27. The van der Waals surface area contributed by atoms with Crippen LogP contribution in [0.1, 0.15) is 22.8 Å². The number of amides is 1. The van der Waals surface area contributed by atoms with E-state index in [2.05, 4.69) is 17.2 Å². The lowest BCUT2D eigenvalue weighted by molar-refractivity contribution is -0.150. The van der Waals surface area contributed by atoms with Gasteiger partial charge in [0.1, 0.15) is 5.60 Å². The number of sulfone groups is 1. The van der Waals surface area contributed by atoms with Crippen LogP contribution in [0.25, 0.3) is 0 Å². The van der Waals surface area contributed by atoms with Crippen LogP contribution >= 0.6 is 0 Å². The number of rotatable bonds is 5. The number of benzene rings is 1. The summed E-state index contributed by atoms with van der Waals surface area (Å²) in [5.74, 6) is 3.59. The Bertz CT molecular complexity index is 820. The topological polar surface area (TPSA) is 98.8 Å². The van der Waals surface area contributed by atoms with E-state index in [1.165, 1.54) is 7.11 Å². The third-order valence-corrected chi connectivity index (χ3v) is 5.85. The molecule has 1 amide bonds. The van der Waals surface area contributed by atoms with Gasteiger partial charge in [-0.1, -0.05) is 5.92 Å². The molecule has 1 unspecified atom stereocenters. The molecule has 2 rings (SSSR count). The minimum absolute atomic E-state index is 0.309. The monoisotopic (exact) mass is 365 g/mol. The second-order valence-corrected chi connectivity index (χ2v) is 7.75. The van der Waals surface area contributed by atoms with Gasteiger partial charge < -0.3 is 14.8 Å². The summed E-state index contributed by atoms with van der Waals surface area (Å²) >= 11 is 0. The molecule has 0 saturated carbocycles. The molecule has 1 aromatic carbocycles. The molecule has 1 saturated heterocycles. The van der Waals surface area contributed by atoms with Crippen LogP contribution in [0.5, 0.6) is 0 Å². The van der Waals surface area contributed by atoms with E-state index in [-0.39, 0.29) is 11.5 Å². The lowest BCUT2D eigenvalue weighted by Crippen LogP contribution is -2.70. The van der Waals surface area contributed by atoms with Crippen molar-refractivity contribution >= 4 is 21.7 Å². The lowest BCUT2D eigenvalue weighted by atomic mass is 9.96. The Kier molecular flexibility index (Phi) is 5.50. The van der Waals surface area contributed by atoms with Gasteiger partial charge in [-0.25, -0.2) is 13.2 Å². The number of esters is 1. The molecule has 1 heterocycles. The van der Waals surface area contributed by atoms with Crippen LogP contribution < -0.4 is 5.32 Å². The van der Waals surface area contributed by atoms with Crippen molar-refractivity contribution < 1.29 is 27.5 Å². The van der Waals surface area contributed by atoms with E-state index in [1.807, 2.05) is 0 Å². The maximum Gasteiger partial charge on any atom is 0.331 e. The molecule has 25 heavy (non-hydrogen) atoms. The fourth-order valence-electron chi connectivity index (χ4n) is 2.69. The zero-order chi connectivity index (χ0) is 18.7. The minimum Gasteiger partial charge on any atom is -0.467 e. The molecule has 0 spiro atoms. The van der Waals surface area contributed by atoms with Crippen LogP contribution in [0.15, 0.2) is 24.3 Å². The average molecular weight is 365 g/mol. The van der Waals surface area contributed by atoms with Crippen molar-refractivity contribution in [1.82, 2.24) is 5.32 Å². The zero-order valence-corrected chi connectivity index (χ0v) is 15.0. The maximum atomic E-state index is 12.4. The summed E-state index contributed by atoms with van der Waals surface area (Å²) in [5, 5.41) is 2.53. The Morgan fingerprint density at radius 3 is 2.24 bits per heavy atom. The van der Waals surface area contributed by atoms with Gasteiger partial charge in [-0.15, -0.1) is 5.92 Å². The average Bonchev–Trinajstić information content (AvgIpc) is 2.57. The van der Waals surface area contributed by atoms with Gasteiger partial charge in [0.15, 0.2) is 15.9 Å². The Morgan fingerprint density at radius 2 is 1.80 bits per heavy atom. The van der Waals surface area contributed by atoms with Crippen molar-refractivity contribution in [3.05, 3.63) is 35.4 Å². The van der Waals surface area contributed by atoms with Gasteiger partial charge in [0.2, 0.25) is 0 Å². The van der Waals surface area contributed by atoms with Crippen LogP contribution in [-0.4, -0.2) is 57.7 Å². The second-order valence-electron chi connectivity index (χ2n) is 5.68. The van der Waals surface area contributed by atoms with Gasteiger partial charge in [-0.2, -0.15) is 0 Å². The number of hydrogen-bond donors (Lipinski definition) is 1. The zero-order valence-electron chi connectivity index (χ0n) is 14.2. The highest BCUT2D eigenvalue weighted by Gasteiger charge is 2.58. The van der Waals surface area contributed by atoms with E-state index in [0.29, 0.717) is 5.56 Å². The van der Waals surface area contributed by atoms with Crippen LogP contribution in [0, 0.1) is 11.8 Å². The minimum atomic E-state index is -3.30. The molecule has 1 atom stereocenters. The number of methoxy groups -OCH3 is 2. The number of hydrogen-bond acceptors (Lipinski definition) is 6. The SMILES string of the molecule is CC#Cc1ccc(C(=O)NC(C(=O)OC)C2(OC)CS(=O)(=O)C2)cc1. The molecule has 1 aliphatic heterocycles. The van der Waals surface area contributed by atoms with E-state index in [1.54, 1.807) is 31.2 Å². The van der Waals surface area contributed by atoms with E-state index in [9.17, 15) is 18.0 Å². The first-order valence-corrected chi connectivity index (χ1v) is 9.26. The van der Waals surface area contributed by atoms with Gasteiger partial charge in [0.25, 0.3) is 5.91 Å². The van der Waals surface area contributed by atoms with Gasteiger partial charge >= 0.3 is 5.97 Å². The van der Waals surface area contributed by atoms with Gasteiger partial charge in [0, 0.05) is 18.2 Å². The summed E-state index contributed by atoms with van der Waals surface area (Å²) in [5.41, 5.74) is -0.263. The molecular weight excluding hydrogens is 346 g/mol. The summed E-state index contributed by atoms with van der Waals surface area (Å²) in [7, 11) is -0.836. The maximum absolute atomic E-state index is 12.4. The molecule has 7 nitrogen and oxygen atoms in total.